The second-order valence-electron chi connectivity index (χ2n) is 5.32. The zero-order chi connectivity index (χ0) is 20.0. The highest BCUT2D eigenvalue weighted by molar-refractivity contribution is 6.03. The molecule has 140 valence electrons. The summed E-state index contributed by atoms with van der Waals surface area (Å²) < 4.78 is 42.6. The Bertz CT molecular complexity index is 874. The SMILES string of the molecule is CCOC(=O)Nc1cccc(C(=O)[C@H](C#N)c2ccc(C(F)(F)F)cn2)c1. The van der Waals surface area contributed by atoms with E-state index in [0.717, 1.165) is 12.1 Å². The third-order valence-corrected chi connectivity index (χ3v) is 3.47. The smallest absolute Gasteiger partial charge is 0.417 e. The van der Waals surface area contributed by atoms with Gasteiger partial charge in [0.05, 0.1) is 23.9 Å². The van der Waals surface area contributed by atoms with Gasteiger partial charge in [0.2, 0.25) is 0 Å². The molecule has 1 aromatic carbocycles. The van der Waals surface area contributed by atoms with Gasteiger partial charge in [0, 0.05) is 17.4 Å². The van der Waals surface area contributed by atoms with E-state index in [1.807, 2.05) is 0 Å². The van der Waals surface area contributed by atoms with Gasteiger partial charge in [0.25, 0.3) is 0 Å². The number of aromatic nitrogens is 1. The first-order valence-corrected chi connectivity index (χ1v) is 7.77. The number of nitriles is 1. The number of pyridine rings is 1. The van der Waals surface area contributed by atoms with Gasteiger partial charge in [-0.15, -0.1) is 0 Å². The summed E-state index contributed by atoms with van der Waals surface area (Å²) in [6, 6.07) is 9.28. The van der Waals surface area contributed by atoms with E-state index in [-0.39, 0.29) is 23.6 Å². The fourth-order valence-corrected chi connectivity index (χ4v) is 2.20. The molecule has 0 bridgehead atoms. The van der Waals surface area contributed by atoms with Gasteiger partial charge in [-0.25, -0.2) is 4.79 Å². The summed E-state index contributed by atoms with van der Waals surface area (Å²) in [5, 5.41) is 11.7. The third-order valence-electron chi connectivity index (χ3n) is 3.47. The number of hydrogen-bond donors (Lipinski definition) is 1. The minimum atomic E-state index is -4.56. The van der Waals surface area contributed by atoms with Gasteiger partial charge in [0.15, 0.2) is 11.7 Å². The van der Waals surface area contributed by atoms with E-state index in [0.29, 0.717) is 6.20 Å². The second-order valence-corrected chi connectivity index (χ2v) is 5.32. The number of Topliss-reactive ketones (excluding diaryl/α,β-unsaturated/α-hetero) is 1. The fraction of sp³-hybridized carbons (Fsp3) is 0.222. The first-order chi connectivity index (χ1) is 12.8. The van der Waals surface area contributed by atoms with Crippen LogP contribution in [0.2, 0.25) is 0 Å². The molecule has 2 aromatic rings. The molecule has 0 saturated heterocycles. The predicted octanol–water partition coefficient (Wildman–Crippen LogP) is 4.16. The van der Waals surface area contributed by atoms with Crippen LogP contribution in [0.3, 0.4) is 0 Å². The number of hydrogen-bond acceptors (Lipinski definition) is 5. The number of carbonyl (C=O) groups is 2. The second kappa shape index (κ2) is 8.31. The van der Waals surface area contributed by atoms with Crippen molar-refractivity contribution in [3.63, 3.8) is 0 Å². The van der Waals surface area contributed by atoms with Crippen LogP contribution in [0.25, 0.3) is 0 Å². The number of alkyl halides is 3. The summed E-state index contributed by atoms with van der Waals surface area (Å²) in [6.45, 7) is 1.80. The lowest BCUT2D eigenvalue weighted by molar-refractivity contribution is -0.137. The maximum atomic E-state index is 12.6. The Balaban J connectivity index is 2.24. The van der Waals surface area contributed by atoms with Gasteiger partial charge in [-0.3, -0.25) is 15.1 Å². The molecule has 1 amide bonds. The number of benzene rings is 1. The van der Waals surface area contributed by atoms with Crippen LogP contribution in [-0.2, 0) is 10.9 Å². The molecule has 0 aliphatic heterocycles. The maximum Gasteiger partial charge on any atom is 0.417 e. The quantitative estimate of drug-likeness (QED) is 0.790. The molecule has 0 unspecified atom stereocenters. The molecule has 2 rings (SSSR count). The summed E-state index contributed by atoms with van der Waals surface area (Å²) in [5.41, 5.74) is -0.704. The maximum absolute atomic E-state index is 12.6. The van der Waals surface area contributed by atoms with Gasteiger partial charge in [-0.2, -0.15) is 18.4 Å². The predicted molar refractivity (Wildman–Crippen MR) is 89.0 cm³/mol. The van der Waals surface area contributed by atoms with E-state index in [9.17, 15) is 28.0 Å². The average Bonchev–Trinajstić information content (AvgIpc) is 2.62. The Labute approximate surface area is 152 Å². The number of halogens is 3. The van der Waals surface area contributed by atoms with Crippen molar-refractivity contribution >= 4 is 17.6 Å². The molecule has 9 heteroatoms. The van der Waals surface area contributed by atoms with E-state index in [4.69, 9.17) is 4.74 Å². The molecule has 6 nitrogen and oxygen atoms in total. The van der Waals surface area contributed by atoms with Crippen LogP contribution in [0.1, 0.15) is 34.5 Å². The molecular formula is C18H14F3N3O3. The number of nitrogens with one attached hydrogen (secondary N) is 1. The summed E-state index contributed by atoms with van der Waals surface area (Å²) in [6.07, 6.45) is -4.69. The number of anilines is 1. The minimum absolute atomic E-state index is 0.0950. The molecule has 1 heterocycles. The topological polar surface area (TPSA) is 92.1 Å². The first kappa shape index (κ1) is 19.9. The minimum Gasteiger partial charge on any atom is -0.450 e. The Hall–Kier alpha value is -3.41. The number of ketones is 1. The highest BCUT2D eigenvalue weighted by Crippen LogP contribution is 2.29. The van der Waals surface area contributed by atoms with Crippen molar-refractivity contribution in [3.8, 4) is 6.07 Å². The van der Waals surface area contributed by atoms with Crippen LogP contribution in [0.4, 0.5) is 23.7 Å². The average molecular weight is 377 g/mol. The molecule has 0 radical (unpaired) electrons. The lowest BCUT2D eigenvalue weighted by Gasteiger charge is -2.11. The molecular weight excluding hydrogens is 363 g/mol. The van der Waals surface area contributed by atoms with E-state index in [2.05, 4.69) is 10.3 Å². The van der Waals surface area contributed by atoms with E-state index < -0.39 is 29.5 Å². The molecule has 0 aliphatic carbocycles. The van der Waals surface area contributed by atoms with Crippen molar-refractivity contribution in [1.29, 1.82) is 5.26 Å². The molecule has 0 spiro atoms. The summed E-state index contributed by atoms with van der Waals surface area (Å²) in [4.78, 5) is 27.6. The summed E-state index contributed by atoms with van der Waals surface area (Å²) >= 11 is 0. The fourth-order valence-electron chi connectivity index (χ4n) is 2.20. The van der Waals surface area contributed by atoms with Gasteiger partial charge >= 0.3 is 12.3 Å². The summed E-state index contributed by atoms with van der Waals surface area (Å²) in [5.74, 6) is -2.04. The number of amides is 1. The normalized spacial score (nSPS) is 12.0. The Morgan fingerprint density at radius 3 is 2.59 bits per heavy atom. The molecule has 1 N–H and O–H groups in total. The zero-order valence-corrected chi connectivity index (χ0v) is 14.1. The largest absolute Gasteiger partial charge is 0.450 e. The number of carbonyl (C=O) groups excluding carboxylic acids is 2. The van der Waals surface area contributed by atoms with Crippen LogP contribution in [0.15, 0.2) is 42.6 Å². The van der Waals surface area contributed by atoms with E-state index in [1.54, 1.807) is 13.0 Å². The van der Waals surface area contributed by atoms with Crippen LogP contribution < -0.4 is 5.32 Å². The van der Waals surface area contributed by atoms with Gasteiger partial charge in [0.1, 0.15) is 0 Å². The van der Waals surface area contributed by atoms with E-state index in [1.165, 1.54) is 24.3 Å². The van der Waals surface area contributed by atoms with Crippen molar-refractivity contribution in [2.45, 2.75) is 19.0 Å². The Kier molecular flexibility index (Phi) is 6.13. The summed E-state index contributed by atoms with van der Waals surface area (Å²) in [7, 11) is 0. The van der Waals surface area contributed by atoms with Crippen molar-refractivity contribution in [1.82, 2.24) is 4.98 Å². The monoisotopic (exact) mass is 377 g/mol. The lowest BCUT2D eigenvalue weighted by atomic mass is 9.95. The van der Waals surface area contributed by atoms with Gasteiger partial charge < -0.3 is 4.74 Å². The number of rotatable bonds is 5. The zero-order valence-electron chi connectivity index (χ0n) is 14.1. The van der Waals surface area contributed by atoms with Crippen molar-refractivity contribution in [2.24, 2.45) is 0 Å². The third kappa shape index (κ3) is 5.04. The van der Waals surface area contributed by atoms with Gasteiger partial charge in [-0.05, 0) is 31.2 Å². The standard InChI is InChI=1S/C18H14F3N3O3/c1-2-27-17(26)24-13-5-3-4-11(8-13)16(25)14(9-22)15-7-6-12(10-23-15)18(19,20)21/h3-8,10,14H,2H2,1H3,(H,24,26)/t14-/m1/s1. The first-order valence-electron chi connectivity index (χ1n) is 7.77. The number of ether oxygens (including phenoxy) is 1. The van der Waals surface area contributed by atoms with Crippen LogP contribution >= 0.6 is 0 Å². The Morgan fingerprint density at radius 1 is 1.30 bits per heavy atom. The van der Waals surface area contributed by atoms with Crippen molar-refractivity contribution < 1.29 is 27.5 Å². The molecule has 27 heavy (non-hydrogen) atoms. The van der Waals surface area contributed by atoms with Crippen molar-refractivity contribution in [3.05, 3.63) is 59.4 Å². The molecule has 0 aliphatic rings. The Morgan fingerprint density at radius 2 is 2.04 bits per heavy atom. The van der Waals surface area contributed by atoms with E-state index >= 15 is 0 Å². The molecule has 1 aromatic heterocycles. The molecule has 0 saturated carbocycles. The number of nitrogens with zero attached hydrogens (tertiary/aromatic N) is 2. The highest BCUT2D eigenvalue weighted by atomic mass is 19.4. The molecule has 0 fully saturated rings. The van der Waals surface area contributed by atoms with Crippen molar-refractivity contribution in [2.75, 3.05) is 11.9 Å². The van der Waals surface area contributed by atoms with Crippen LogP contribution in [0.5, 0.6) is 0 Å². The van der Waals surface area contributed by atoms with Gasteiger partial charge in [-0.1, -0.05) is 12.1 Å². The highest BCUT2D eigenvalue weighted by Gasteiger charge is 2.31. The lowest BCUT2D eigenvalue weighted by Crippen LogP contribution is -2.16. The van der Waals surface area contributed by atoms with Crippen LogP contribution in [-0.4, -0.2) is 23.5 Å². The van der Waals surface area contributed by atoms with Crippen LogP contribution in [0, 0.1) is 11.3 Å². The molecule has 1 atom stereocenters.